The second kappa shape index (κ2) is 8.22. The molecule has 1 heterocycles. The standard InChI is InChI=1S/C22H27ClN2O2/c1-15-6-5-7-21(17(15)3)27-18(4)22(26)25-12-10-24(11-13-25)20-14-19(23)9-8-16(20)2/h5-9,14,18H,10-13H2,1-4H3/t18-/m1/s1. The van der Waals surface area contributed by atoms with E-state index in [-0.39, 0.29) is 5.91 Å². The van der Waals surface area contributed by atoms with Gasteiger partial charge < -0.3 is 14.5 Å². The molecule has 27 heavy (non-hydrogen) atoms. The Morgan fingerprint density at radius 1 is 1.04 bits per heavy atom. The van der Waals surface area contributed by atoms with E-state index in [0.717, 1.165) is 40.7 Å². The quantitative estimate of drug-likeness (QED) is 0.781. The van der Waals surface area contributed by atoms with Gasteiger partial charge in [0, 0.05) is 36.9 Å². The number of amides is 1. The van der Waals surface area contributed by atoms with Crippen LogP contribution in [0, 0.1) is 20.8 Å². The van der Waals surface area contributed by atoms with E-state index in [9.17, 15) is 4.79 Å². The molecule has 1 aliphatic heterocycles. The van der Waals surface area contributed by atoms with Crippen LogP contribution in [0.25, 0.3) is 0 Å². The summed E-state index contributed by atoms with van der Waals surface area (Å²) in [6, 6.07) is 11.9. The highest BCUT2D eigenvalue weighted by atomic mass is 35.5. The smallest absolute Gasteiger partial charge is 0.263 e. The molecule has 0 radical (unpaired) electrons. The van der Waals surface area contributed by atoms with Crippen LogP contribution in [-0.2, 0) is 4.79 Å². The summed E-state index contributed by atoms with van der Waals surface area (Å²) in [5.41, 5.74) is 4.59. The average Bonchev–Trinajstić information content (AvgIpc) is 2.67. The van der Waals surface area contributed by atoms with Crippen molar-refractivity contribution in [3.63, 3.8) is 0 Å². The van der Waals surface area contributed by atoms with Gasteiger partial charge in [0.1, 0.15) is 5.75 Å². The number of carbonyl (C=O) groups excluding carboxylic acids is 1. The molecule has 0 spiro atoms. The fourth-order valence-electron chi connectivity index (χ4n) is 3.44. The molecule has 0 aliphatic carbocycles. The topological polar surface area (TPSA) is 32.8 Å². The maximum atomic E-state index is 12.8. The molecule has 1 saturated heterocycles. The van der Waals surface area contributed by atoms with Crippen molar-refractivity contribution < 1.29 is 9.53 Å². The highest BCUT2D eigenvalue weighted by Gasteiger charge is 2.27. The molecule has 0 bridgehead atoms. The monoisotopic (exact) mass is 386 g/mol. The Labute approximate surface area is 166 Å². The normalized spacial score (nSPS) is 15.6. The molecule has 1 aliphatic rings. The number of anilines is 1. The lowest BCUT2D eigenvalue weighted by atomic mass is 10.1. The number of hydrogen-bond donors (Lipinski definition) is 0. The van der Waals surface area contributed by atoms with Crippen molar-refractivity contribution in [2.45, 2.75) is 33.8 Å². The van der Waals surface area contributed by atoms with Crippen LogP contribution in [0.3, 0.4) is 0 Å². The van der Waals surface area contributed by atoms with Gasteiger partial charge in [-0.2, -0.15) is 0 Å². The van der Waals surface area contributed by atoms with Crippen molar-refractivity contribution >= 4 is 23.2 Å². The number of piperazine rings is 1. The number of ether oxygens (including phenoxy) is 1. The molecule has 0 saturated carbocycles. The zero-order valence-electron chi connectivity index (χ0n) is 16.5. The third-order valence-corrected chi connectivity index (χ3v) is 5.54. The summed E-state index contributed by atoms with van der Waals surface area (Å²) in [4.78, 5) is 17.0. The van der Waals surface area contributed by atoms with Gasteiger partial charge in [0.2, 0.25) is 0 Å². The fourth-order valence-corrected chi connectivity index (χ4v) is 3.61. The van der Waals surface area contributed by atoms with Crippen LogP contribution in [0.2, 0.25) is 5.02 Å². The van der Waals surface area contributed by atoms with Crippen molar-refractivity contribution in [1.29, 1.82) is 0 Å². The SMILES string of the molecule is Cc1ccc(Cl)cc1N1CCN(C(=O)[C@@H](C)Oc2cccc(C)c2C)CC1. The van der Waals surface area contributed by atoms with Gasteiger partial charge in [-0.3, -0.25) is 4.79 Å². The number of rotatable bonds is 4. The first-order valence-corrected chi connectivity index (χ1v) is 9.77. The molecule has 4 nitrogen and oxygen atoms in total. The highest BCUT2D eigenvalue weighted by Crippen LogP contribution is 2.26. The molecule has 0 N–H and O–H groups in total. The summed E-state index contributed by atoms with van der Waals surface area (Å²) < 4.78 is 5.97. The first-order chi connectivity index (χ1) is 12.9. The van der Waals surface area contributed by atoms with E-state index < -0.39 is 6.10 Å². The number of carbonyl (C=O) groups is 1. The highest BCUT2D eigenvalue weighted by molar-refractivity contribution is 6.30. The van der Waals surface area contributed by atoms with E-state index in [1.165, 1.54) is 5.56 Å². The second-order valence-electron chi connectivity index (χ2n) is 7.20. The summed E-state index contributed by atoms with van der Waals surface area (Å²) >= 11 is 6.15. The fraction of sp³-hybridized carbons (Fsp3) is 0.409. The molecule has 1 atom stereocenters. The van der Waals surface area contributed by atoms with Gasteiger partial charge in [0.25, 0.3) is 5.91 Å². The number of nitrogens with zero attached hydrogens (tertiary/aromatic N) is 2. The number of benzene rings is 2. The van der Waals surface area contributed by atoms with Crippen molar-refractivity contribution in [3.05, 3.63) is 58.1 Å². The van der Waals surface area contributed by atoms with Gasteiger partial charge in [0.15, 0.2) is 6.10 Å². The molecule has 2 aromatic carbocycles. The molecule has 144 valence electrons. The van der Waals surface area contributed by atoms with Crippen LogP contribution >= 0.6 is 11.6 Å². The van der Waals surface area contributed by atoms with E-state index in [4.69, 9.17) is 16.3 Å². The van der Waals surface area contributed by atoms with Crippen molar-refractivity contribution in [2.24, 2.45) is 0 Å². The zero-order chi connectivity index (χ0) is 19.6. The van der Waals surface area contributed by atoms with E-state index in [1.807, 2.05) is 62.1 Å². The van der Waals surface area contributed by atoms with Crippen LogP contribution in [0.15, 0.2) is 36.4 Å². The number of hydrogen-bond acceptors (Lipinski definition) is 3. The molecule has 1 fully saturated rings. The molecule has 5 heteroatoms. The Bertz CT molecular complexity index is 829. The van der Waals surface area contributed by atoms with Gasteiger partial charge in [0.05, 0.1) is 0 Å². The Morgan fingerprint density at radius 2 is 1.74 bits per heavy atom. The van der Waals surface area contributed by atoms with Crippen LogP contribution < -0.4 is 9.64 Å². The Hall–Kier alpha value is -2.20. The van der Waals surface area contributed by atoms with Crippen LogP contribution in [0.1, 0.15) is 23.6 Å². The summed E-state index contributed by atoms with van der Waals surface area (Å²) in [5, 5.41) is 0.740. The molecular formula is C22H27ClN2O2. The van der Waals surface area contributed by atoms with E-state index in [2.05, 4.69) is 11.8 Å². The van der Waals surface area contributed by atoms with Gasteiger partial charge >= 0.3 is 0 Å². The summed E-state index contributed by atoms with van der Waals surface area (Å²) in [6.45, 7) is 10.9. The van der Waals surface area contributed by atoms with Crippen molar-refractivity contribution in [3.8, 4) is 5.75 Å². The van der Waals surface area contributed by atoms with Crippen LogP contribution in [-0.4, -0.2) is 43.1 Å². The molecular weight excluding hydrogens is 360 g/mol. The van der Waals surface area contributed by atoms with E-state index >= 15 is 0 Å². The summed E-state index contributed by atoms with van der Waals surface area (Å²) in [7, 11) is 0. The van der Waals surface area contributed by atoms with Crippen LogP contribution in [0.4, 0.5) is 5.69 Å². The van der Waals surface area contributed by atoms with Gasteiger partial charge in [-0.05, 0) is 62.6 Å². The van der Waals surface area contributed by atoms with Gasteiger partial charge in [-0.25, -0.2) is 0 Å². The zero-order valence-corrected chi connectivity index (χ0v) is 17.2. The van der Waals surface area contributed by atoms with Crippen molar-refractivity contribution in [2.75, 3.05) is 31.1 Å². The van der Waals surface area contributed by atoms with E-state index in [1.54, 1.807) is 0 Å². The van der Waals surface area contributed by atoms with Crippen LogP contribution in [0.5, 0.6) is 5.75 Å². The Morgan fingerprint density at radius 3 is 2.44 bits per heavy atom. The molecule has 1 amide bonds. The third kappa shape index (κ3) is 4.38. The van der Waals surface area contributed by atoms with E-state index in [0.29, 0.717) is 13.1 Å². The predicted molar refractivity (Wildman–Crippen MR) is 111 cm³/mol. The second-order valence-corrected chi connectivity index (χ2v) is 7.64. The summed E-state index contributed by atoms with van der Waals surface area (Å²) in [6.07, 6.45) is -0.495. The van der Waals surface area contributed by atoms with Gasteiger partial charge in [-0.15, -0.1) is 0 Å². The first-order valence-electron chi connectivity index (χ1n) is 9.39. The first kappa shape index (κ1) is 19.6. The lowest BCUT2D eigenvalue weighted by Gasteiger charge is -2.37. The maximum absolute atomic E-state index is 12.8. The Balaban J connectivity index is 1.61. The Kier molecular flexibility index (Phi) is 5.95. The van der Waals surface area contributed by atoms with Crippen molar-refractivity contribution in [1.82, 2.24) is 4.90 Å². The molecule has 2 aromatic rings. The average molecular weight is 387 g/mol. The van der Waals surface area contributed by atoms with Gasteiger partial charge in [-0.1, -0.05) is 29.8 Å². The number of aryl methyl sites for hydroxylation is 2. The largest absolute Gasteiger partial charge is 0.481 e. The minimum atomic E-state index is -0.495. The molecule has 0 aromatic heterocycles. The maximum Gasteiger partial charge on any atom is 0.263 e. The third-order valence-electron chi connectivity index (χ3n) is 5.31. The predicted octanol–water partition coefficient (Wildman–Crippen LogP) is 4.38. The lowest BCUT2D eigenvalue weighted by molar-refractivity contribution is -0.138. The molecule has 3 rings (SSSR count). The minimum absolute atomic E-state index is 0.0402. The molecule has 0 unspecified atom stereocenters. The number of halogens is 1. The summed E-state index contributed by atoms with van der Waals surface area (Å²) in [5.74, 6) is 0.822. The minimum Gasteiger partial charge on any atom is -0.481 e. The lowest BCUT2D eigenvalue weighted by Crippen LogP contribution is -2.52.